The van der Waals surface area contributed by atoms with Gasteiger partial charge in [0.05, 0.1) is 6.10 Å². The fraction of sp³-hybridized carbons (Fsp3) is 0.611. The number of likely N-dealkylation sites (tertiary alicyclic amines) is 1. The number of amides is 1. The van der Waals surface area contributed by atoms with Crippen LogP contribution < -0.4 is 14.2 Å². The van der Waals surface area contributed by atoms with E-state index in [1.165, 1.54) is 12.8 Å². The van der Waals surface area contributed by atoms with E-state index in [1.807, 2.05) is 4.90 Å². The molecule has 2 atom stereocenters. The summed E-state index contributed by atoms with van der Waals surface area (Å²) in [5.74, 6) is 2.73. The molecule has 0 spiro atoms. The maximum absolute atomic E-state index is 12.6. The Hall–Kier alpha value is -1.95. The fourth-order valence-corrected chi connectivity index (χ4v) is 3.08. The predicted molar refractivity (Wildman–Crippen MR) is 86.3 cm³/mol. The Bertz CT molecular complexity index is 615. The van der Waals surface area contributed by atoms with E-state index >= 15 is 0 Å². The summed E-state index contributed by atoms with van der Waals surface area (Å²) in [5, 5.41) is 0. The molecule has 1 amide bonds. The molecule has 1 aromatic rings. The highest BCUT2D eigenvalue weighted by atomic mass is 16.7. The topological polar surface area (TPSA) is 57.2 Å². The molecule has 0 aromatic heterocycles. The van der Waals surface area contributed by atoms with Crippen molar-refractivity contribution >= 4 is 5.91 Å². The minimum Gasteiger partial charge on any atom is -0.481 e. The van der Waals surface area contributed by atoms with Gasteiger partial charge < -0.3 is 23.8 Å². The first-order valence-corrected chi connectivity index (χ1v) is 8.66. The van der Waals surface area contributed by atoms with Gasteiger partial charge in [0.2, 0.25) is 6.79 Å². The highest BCUT2D eigenvalue weighted by Gasteiger charge is 2.32. The molecule has 2 fully saturated rings. The van der Waals surface area contributed by atoms with E-state index in [2.05, 4.69) is 0 Å². The van der Waals surface area contributed by atoms with Gasteiger partial charge in [-0.25, -0.2) is 0 Å². The van der Waals surface area contributed by atoms with Crippen LogP contribution in [0.15, 0.2) is 18.2 Å². The van der Waals surface area contributed by atoms with Gasteiger partial charge in [0, 0.05) is 25.8 Å². The smallest absolute Gasteiger partial charge is 0.263 e. The molecular formula is C18H23NO5. The van der Waals surface area contributed by atoms with Crippen LogP contribution in [0, 0.1) is 5.92 Å². The van der Waals surface area contributed by atoms with E-state index in [0.29, 0.717) is 23.8 Å². The monoisotopic (exact) mass is 333 g/mol. The number of hydrogen-bond acceptors (Lipinski definition) is 5. The summed E-state index contributed by atoms with van der Waals surface area (Å²) in [6.45, 7) is 4.26. The first kappa shape index (κ1) is 15.6. The molecule has 0 radical (unpaired) electrons. The SMILES string of the molecule is C[C@@H](Oc1ccc2c(c1)OCO2)C(=O)N1CC[C@@H](OCC2CC2)C1. The van der Waals surface area contributed by atoms with Crippen molar-refractivity contribution in [2.75, 3.05) is 26.5 Å². The molecule has 1 saturated carbocycles. The summed E-state index contributed by atoms with van der Waals surface area (Å²) in [7, 11) is 0. The van der Waals surface area contributed by atoms with Crippen molar-refractivity contribution in [1.29, 1.82) is 0 Å². The maximum Gasteiger partial charge on any atom is 0.263 e. The van der Waals surface area contributed by atoms with Crippen LogP contribution >= 0.6 is 0 Å². The van der Waals surface area contributed by atoms with E-state index in [-0.39, 0.29) is 18.8 Å². The van der Waals surface area contributed by atoms with Gasteiger partial charge in [0.1, 0.15) is 5.75 Å². The van der Waals surface area contributed by atoms with Crippen molar-refractivity contribution < 1.29 is 23.7 Å². The third-order valence-electron chi connectivity index (χ3n) is 4.73. The summed E-state index contributed by atoms with van der Waals surface area (Å²) in [6.07, 6.45) is 3.13. The van der Waals surface area contributed by atoms with Crippen molar-refractivity contribution in [1.82, 2.24) is 4.90 Å². The van der Waals surface area contributed by atoms with Crippen LogP contribution in [0.25, 0.3) is 0 Å². The molecule has 130 valence electrons. The summed E-state index contributed by atoms with van der Waals surface area (Å²) in [6, 6.07) is 5.35. The number of carbonyl (C=O) groups excluding carboxylic acids is 1. The van der Waals surface area contributed by atoms with E-state index in [9.17, 15) is 4.79 Å². The highest BCUT2D eigenvalue weighted by molar-refractivity contribution is 5.81. The lowest BCUT2D eigenvalue weighted by atomic mass is 10.3. The molecule has 0 N–H and O–H groups in total. The Morgan fingerprint density at radius 2 is 2.12 bits per heavy atom. The average Bonchev–Trinajstić information content (AvgIpc) is 3.10. The number of ether oxygens (including phenoxy) is 4. The minimum atomic E-state index is -0.535. The molecule has 3 aliphatic rings. The van der Waals surface area contributed by atoms with E-state index in [4.69, 9.17) is 18.9 Å². The second-order valence-electron chi connectivity index (χ2n) is 6.75. The Morgan fingerprint density at radius 3 is 2.96 bits per heavy atom. The first-order valence-electron chi connectivity index (χ1n) is 8.66. The first-order chi connectivity index (χ1) is 11.7. The average molecular weight is 333 g/mol. The standard InChI is InChI=1S/C18H23NO5/c1-12(24-14-4-5-16-17(8-14)23-11-22-16)18(20)19-7-6-15(9-19)21-10-13-2-3-13/h4-5,8,12-13,15H,2-3,6-7,9-11H2,1H3/t12-,15-/m1/s1. The molecule has 1 saturated heterocycles. The Balaban J connectivity index is 1.29. The van der Waals surface area contributed by atoms with Gasteiger partial charge in [-0.15, -0.1) is 0 Å². The lowest BCUT2D eigenvalue weighted by molar-refractivity contribution is -0.137. The number of carbonyl (C=O) groups is 1. The van der Waals surface area contributed by atoms with Gasteiger partial charge in [-0.1, -0.05) is 0 Å². The van der Waals surface area contributed by atoms with Crippen molar-refractivity contribution in [2.45, 2.75) is 38.4 Å². The Kier molecular flexibility index (Phi) is 4.22. The summed E-state index contributed by atoms with van der Waals surface area (Å²) >= 11 is 0. The van der Waals surface area contributed by atoms with E-state index in [1.54, 1.807) is 25.1 Å². The van der Waals surface area contributed by atoms with Crippen molar-refractivity contribution in [3.8, 4) is 17.2 Å². The number of hydrogen-bond donors (Lipinski definition) is 0. The van der Waals surface area contributed by atoms with Gasteiger partial charge in [0.25, 0.3) is 5.91 Å². The zero-order valence-electron chi connectivity index (χ0n) is 13.9. The summed E-state index contributed by atoms with van der Waals surface area (Å²) < 4.78 is 22.3. The van der Waals surface area contributed by atoms with Gasteiger partial charge in [-0.3, -0.25) is 4.79 Å². The van der Waals surface area contributed by atoms with Gasteiger partial charge in [0.15, 0.2) is 17.6 Å². The lowest BCUT2D eigenvalue weighted by Gasteiger charge is -2.22. The zero-order valence-corrected chi connectivity index (χ0v) is 13.9. The summed E-state index contributed by atoms with van der Waals surface area (Å²) in [4.78, 5) is 14.4. The molecule has 1 aromatic carbocycles. The number of nitrogens with zero attached hydrogens (tertiary/aromatic N) is 1. The quantitative estimate of drug-likeness (QED) is 0.799. The third kappa shape index (κ3) is 3.43. The second kappa shape index (κ2) is 6.51. The van der Waals surface area contributed by atoms with Crippen LogP contribution in [0.3, 0.4) is 0 Å². The summed E-state index contributed by atoms with van der Waals surface area (Å²) in [5.41, 5.74) is 0. The molecule has 0 bridgehead atoms. The van der Waals surface area contributed by atoms with Gasteiger partial charge in [-0.05, 0) is 44.2 Å². The Labute approximate surface area is 141 Å². The number of benzene rings is 1. The molecule has 24 heavy (non-hydrogen) atoms. The maximum atomic E-state index is 12.6. The minimum absolute atomic E-state index is 0.00480. The van der Waals surface area contributed by atoms with Crippen LogP contribution in [-0.4, -0.2) is 49.5 Å². The molecule has 2 heterocycles. The normalized spacial score (nSPS) is 23.4. The predicted octanol–water partition coefficient (Wildman–Crippen LogP) is 2.21. The van der Waals surface area contributed by atoms with E-state index < -0.39 is 6.10 Å². The largest absolute Gasteiger partial charge is 0.481 e. The molecule has 1 aliphatic carbocycles. The van der Waals surface area contributed by atoms with Crippen LogP contribution in [0.2, 0.25) is 0 Å². The van der Waals surface area contributed by atoms with Crippen LogP contribution in [-0.2, 0) is 9.53 Å². The van der Waals surface area contributed by atoms with Crippen LogP contribution in [0.1, 0.15) is 26.2 Å². The lowest BCUT2D eigenvalue weighted by Crippen LogP contribution is -2.39. The Morgan fingerprint density at radius 1 is 1.29 bits per heavy atom. The van der Waals surface area contributed by atoms with Gasteiger partial charge in [-0.2, -0.15) is 0 Å². The molecule has 6 heteroatoms. The fourth-order valence-electron chi connectivity index (χ4n) is 3.08. The molecule has 0 unspecified atom stereocenters. The van der Waals surface area contributed by atoms with Gasteiger partial charge >= 0.3 is 0 Å². The number of fused-ring (bicyclic) bond motifs is 1. The second-order valence-corrected chi connectivity index (χ2v) is 6.75. The zero-order chi connectivity index (χ0) is 16.5. The van der Waals surface area contributed by atoms with Crippen molar-refractivity contribution in [2.24, 2.45) is 5.92 Å². The van der Waals surface area contributed by atoms with Crippen molar-refractivity contribution in [3.05, 3.63) is 18.2 Å². The third-order valence-corrected chi connectivity index (χ3v) is 4.73. The molecule has 4 rings (SSSR count). The molecule has 6 nitrogen and oxygen atoms in total. The van der Waals surface area contributed by atoms with Crippen LogP contribution in [0.4, 0.5) is 0 Å². The van der Waals surface area contributed by atoms with Crippen molar-refractivity contribution in [3.63, 3.8) is 0 Å². The molecular weight excluding hydrogens is 310 g/mol. The molecule has 2 aliphatic heterocycles. The van der Waals surface area contributed by atoms with E-state index in [0.717, 1.165) is 25.5 Å². The van der Waals surface area contributed by atoms with Crippen LogP contribution in [0.5, 0.6) is 17.2 Å². The number of rotatable bonds is 6. The highest BCUT2D eigenvalue weighted by Crippen LogP contribution is 2.35.